The van der Waals surface area contributed by atoms with Crippen LogP contribution in [0, 0.1) is 17.8 Å². The maximum Gasteiger partial charge on any atom is 0.324 e. The fourth-order valence-corrected chi connectivity index (χ4v) is 7.08. The highest BCUT2D eigenvalue weighted by atomic mass is 16.4. The topological polar surface area (TPSA) is 43.8 Å². The lowest BCUT2D eigenvalue weighted by atomic mass is 9.70. The van der Waals surface area contributed by atoms with E-state index in [2.05, 4.69) is 70.5 Å². The van der Waals surface area contributed by atoms with Crippen LogP contribution < -0.4 is 0 Å². The number of piperidine rings is 1. The van der Waals surface area contributed by atoms with Crippen molar-refractivity contribution in [2.75, 3.05) is 32.7 Å². The van der Waals surface area contributed by atoms with Crippen LogP contribution in [0.3, 0.4) is 0 Å². The highest BCUT2D eigenvalue weighted by Gasteiger charge is 2.52. The number of aryl methyl sites for hydroxylation is 1. The standard InChI is InChI=1S/C32H44N2O2/c1-32(31(35)36,29-16-9-17-29)34-23-28(30(24-34)27-14-6-3-7-15-27)22-33-20-18-26(19-21-33)13-8-12-25-10-4-2-5-11-25/h2-7,10-11,14-15,26,28-30H,8-9,12-13,16-24H2,1H3,(H,35,36)/t28-,30+,32+/m0/s1. The number of benzene rings is 2. The maximum absolute atomic E-state index is 12.5. The molecule has 2 heterocycles. The van der Waals surface area contributed by atoms with E-state index in [4.69, 9.17) is 0 Å². The number of carboxylic acid groups (broad SMARTS) is 1. The van der Waals surface area contributed by atoms with Gasteiger partial charge in [0, 0.05) is 25.6 Å². The molecule has 2 saturated heterocycles. The van der Waals surface area contributed by atoms with Crippen molar-refractivity contribution in [2.45, 2.75) is 69.7 Å². The van der Waals surface area contributed by atoms with Crippen molar-refractivity contribution >= 4 is 5.97 Å². The number of likely N-dealkylation sites (tertiary alicyclic amines) is 2. The van der Waals surface area contributed by atoms with Crippen LogP contribution in [0.4, 0.5) is 0 Å². The Bertz CT molecular complexity index is 968. The van der Waals surface area contributed by atoms with Gasteiger partial charge >= 0.3 is 5.97 Å². The number of nitrogens with zero attached hydrogens (tertiary/aromatic N) is 2. The van der Waals surface area contributed by atoms with Gasteiger partial charge in [0.1, 0.15) is 5.54 Å². The molecule has 3 atom stereocenters. The molecular formula is C32H44N2O2. The first-order chi connectivity index (χ1) is 17.5. The van der Waals surface area contributed by atoms with Gasteiger partial charge in [-0.3, -0.25) is 9.69 Å². The van der Waals surface area contributed by atoms with E-state index in [0.717, 1.165) is 38.4 Å². The summed E-state index contributed by atoms with van der Waals surface area (Å²) in [6, 6.07) is 21.7. The van der Waals surface area contributed by atoms with Crippen molar-refractivity contribution in [2.24, 2.45) is 17.8 Å². The highest BCUT2D eigenvalue weighted by Crippen LogP contribution is 2.45. The Hall–Kier alpha value is -2.17. The van der Waals surface area contributed by atoms with E-state index >= 15 is 0 Å². The Labute approximate surface area is 217 Å². The molecule has 0 amide bonds. The predicted molar refractivity (Wildman–Crippen MR) is 146 cm³/mol. The van der Waals surface area contributed by atoms with Gasteiger partial charge in [-0.15, -0.1) is 0 Å². The zero-order chi connectivity index (χ0) is 25.0. The molecule has 2 aliphatic heterocycles. The van der Waals surface area contributed by atoms with E-state index in [1.54, 1.807) is 0 Å². The van der Waals surface area contributed by atoms with E-state index in [9.17, 15) is 9.90 Å². The first-order valence-corrected chi connectivity index (χ1v) is 14.3. The van der Waals surface area contributed by atoms with Gasteiger partial charge in [0.05, 0.1) is 0 Å². The van der Waals surface area contributed by atoms with Crippen LogP contribution in [0.1, 0.15) is 68.9 Å². The second-order valence-corrected chi connectivity index (χ2v) is 11.9. The van der Waals surface area contributed by atoms with Crippen LogP contribution >= 0.6 is 0 Å². The third kappa shape index (κ3) is 5.55. The molecule has 0 radical (unpaired) electrons. The molecule has 2 aromatic rings. The summed E-state index contributed by atoms with van der Waals surface area (Å²) >= 11 is 0. The Balaban J connectivity index is 1.19. The summed E-state index contributed by atoms with van der Waals surface area (Å²) in [5.41, 5.74) is 2.11. The van der Waals surface area contributed by atoms with E-state index in [1.807, 2.05) is 6.92 Å². The Morgan fingerprint density at radius 3 is 2.22 bits per heavy atom. The SMILES string of the molecule is C[C@](C(=O)O)(C1CCC1)N1C[C@H](CN2CCC(CCCc3ccccc3)CC2)[C@@H](c2ccccc2)C1. The maximum atomic E-state index is 12.5. The zero-order valence-corrected chi connectivity index (χ0v) is 22.0. The predicted octanol–water partition coefficient (Wildman–Crippen LogP) is 6.08. The number of rotatable bonds is 10. The van der Waals surface area contributed by atoms with E-state index < -0.39 is 11.5 Å². The summed E-state index contributed by atoms with van der Waals surface area (Å²) in [5.74, 6) is 1.41. The van der Waals surface area contributed by atoms with E-state index in [1.165, 1.54) is 62.7 Å². The van der Waals surface area contributed by atoms with Crippen LogP contribution in [0.15, 0.2) is 60.7 Å². The van der Waals surface area contributed by atoms with Gasteiger partial charge in [0.25, 0.3) is 0 Å². The van der Waals surface area contributed by atoms with Crippen molar-refractivity contribution < 1.29 is 9.90 Å². The largest absolute Gasteiger partial charge is 0.480 e. The molecule has 0 unspecified atom stereocenters. The first kappa shape index (κ1) is 25.5. The summed E-state index contributed by atoms with van der Waals surface area (Å²) in [6.45, 7) is 7.23. The summed E-state index contributed by atoms with van der Waals surface area (Å²) in [7, 11) is 0. The normalized spacial score (nSPS) is 25.9. The minimum Gasteiger partial charge on any atom is -0.480 e. The monoisotopic (exact) mass is 488 g/mol. The molecule has 1 saturated carbocycles. The van der Waals surface area contributed by atoms with Crippen molar-refractivity contribution in [1.29, 1.82) is 0 Å². The molecule has 4 nitrogen and oxygen atoms in total. The number of hydrogen-bond donors (Lipinski definition) is 1. The molecular weight excluding hydrogens is 444 g/mol. The number of hydrogen-bond acceptors (Lipinski definition) is 3. The van der Waals surface area contributed by atoms with E-state index in [-0.39, 0.29) is 5.92 Å². The number of carboxylic acids is 1. The average molecular weight is 489 g/mol. The van der Waals surface area contributed by atoms with Gasteiger partial charge in [-0.2, -0.15) is 0 Å². The lowest BCUT2D eigenvalue weighted by Gasteiger charge is -2.45. The lowest BCUT2D eigenvalue weighted by molar-refractivity contribution is -0.156. The summed E-state index contributed by atoms with van der Waals surface area (Å²) in [6.07, 6.45) is 9.71. The van der Waals surface area contributed by atoms with Gasteiger partial charge in [0.15, 0.2) is 0 Å². The first-order valence-electron chi connectivity index (χ1n) is 14.3. The van der Waals surface area contributed by atoms with Gasteiger partial charge in [-0.05, 0) is 87.4 Å². The molecule has 0 bridgehead atoms. The third-order valence-electron chi connectivity index (χ3n) is 9.78. The second-order valence-electron chi connectivity index (χ2n) is 11.9. The van der Waals surface area contributed by atoms with Crippen LogP contribution in [0.25, 0.3) is 0 Å². The number of aliphatic carboxylic acids is 1. The van der Waals surface area contributed by atoms with Crippen molar-refractivity contribution in [3.05, 3.63) is 71.8 Å². The van der Waals surface area contributed by atoms with Crippen LogP contribution in [0.2, 0.25) is 0 Å². The second kappa shape index (κ2) is 11.5. The molecule has 3 fully saturated rings. The Morgan fingerprint density at radius 1 is 0.944 bits per heavy atom. The molecule has 36 heavy (non-hydrogen) atoms. The fourth-order valence-electron chi connectivity index (χ4n) is 7.08. The summed E-state index contributed by atoms with van der Waals surface area (Å²) < 4.78 is 0. The molecule has 4 heteroatoms. The zero-order valence-electron chi connectivity index (χ0n) is 22.0. The fraction of sp³-hybridized carbons (Fsp3) is 0.594. The molecule has 0 spiro atoms. The molecule has 194 valence electrons. The molecule has 5 rings (SSSR count). The highest BCUT2D eigenvalue weighted by molar-refractivity contribution is 5.79. The lowest BCUT2D eigenvalue weighted by Crippen LogP contribution is -2.58. The van der Waals surface area contributed by atoms with Crippen molar-refractivity contribution in [3.8, 4) is 0 Å². The van der Waals surface area contributed by atoms with Gasteiger partial charge in [-0.25, -0.2) is 0 Å². The minimum absolute atomic E-state index is 0.289. The molecule has 1 aliphatic carbocycles. The van der Waals surface area contributed by atoms with Gasteiger partial charge in [0.2, 0.25) is 0 Å². The summed E-state index contributed by atoms with van der Waals surface area (Å²) in [5, 5.41) is 10.3. The number of carbonyl (C=O) groups is 1. The minimum atomic E-state index is -0.730. The Morgan fingerprint density at radius 2 is 1.61 bits per heavy atom. The molecule has 2 aromatic carbocycles. The smallest absolute Gasteiger partial charge is 0.324 e. The van der Waals surface area contributed by atoms with E-state index in [0.29, 0.717) is 11.8 Å². The quantitative estimate of drug-likeness (QED) is 0.440. The molecule has 1 N–H and O–H groups in total. The van der Waals surface area contributed by atoms with Crippen LogP contribution in [0.5, 0.6) is 0 Å². The van der Waals surface area contributed by atoms with Crippen LogP contribution in [-0.2, 0) is 11.2 Å². The third-order valence-corrected chi connectivity index (χ3v) is 9.78. The average Bonchev–Trinajstić information content (AvgIpc) is 3.29. The van der Waals surface area contributed by atoms with Gasteiger partial charge < -0.3 is 10.0 Å². The van der Waals surface area contributed by atoms with Crippen molar-refractivity contribution in [1.82, 2.24) is 9.80 Å². The van der Waals surface area contributed by atoms with Crippen LogP contribution in [-0.4, -0.2) is 59.1 Å². The van der Waals surface area contributed by atoms with Crippen molar-refractivity contribution in [3.63, 3.8) is 0 Å². The summed E-state index contributed by atoms with van der Waals surface area (Å²) in [4.78, 5) is 17.6. The molecule has 3 aliphatic rings. The molecule has 0 aromatic heterocycles. The Kier molecular flexibility index (Phi) is 8.12. The van der Waals surface area contributed by atoms with Gasteiger partial charge in [-0.1, -0.05) is 73.5 Å².